The van der Waals surface area contributed by atoms with Gasteiger partial charge in [-0.3, -0.25) is 5.43 Å². The lowest BCUT2D eigenvalue weighted by atomic mass is 10.2. The summed E-state index contributed by atoms with van der Waals surface area (Å²) in [6, 6.07) is 7.23. The number of anilines is 4. The van der Waals surface area contributed by atoms with Crippen LogP contribution in [0, 0.1) is 11.3 Å². The molecule has 0 unspecified atom stereocenters. The number of hydrogen-bond acceptors (Lipinski definition) is 8. The van der Waals surface area contributed by atoms with Gasteiger partial charge in [0.1, 0.15) is 0 Å². The lowest BCUT2D eigenvalue weighted by Gasteiger charge is -2.13. The van der Waals surface area contributed by atoms with Gasteiger partial charge in [-0.1, -0.05) is 0 Å². The van der Waals surface area contributed by atoms with Gasteiger partial charge in [0.25, 0.3) is 0 Å². The fourth-order valence-electron chi connectivity index (χ4n) is 1.49. The number of rotatable bonds is 4. The van der Waals surface area contributed by atoms with Gasteiger partial charge in [-0.15, -0.1) is 0 Å². The van der Waals surface area contributed by atoms with Crippen molar-refractivity contribution in [3.05, 3.63) is 28.2 Å². The Hall–Kier alpha value is -2.44. The van der Waals surface area contributed by atoms with Crippen LogP contribution in [0.5, 0.6) is 0 Å². The Morgan fingerprint density at radius 1 is 1.24 bits per heavy atom. The molecule has 21 heavy (non-hydrogen) atoms. The average molecular weight is 349 g/mol. The molecule has 0 fully saturated rings. The summed E-state index contributed by atoms with van der Waals surface area (Å²) >= 11 is 3.39. The van der Waals surface area contributed by atoms with Crippen molar-refractivity contribution in [2.24, 2.45) is 5.84 Å². The second-order valence-corrected chi connectivity index (χ2v) is 5.11. The third-order valence-corrected chi connectivity index (χ3v) is 3.15. The van der Waals surface area contributed by atoms with Gasteiger partial charge in [-0.25, -0.2) is 5.84 Å². The molecule has 0 aliphatic rings. The molecule has 0 amide bonds. The van der Waals surface area contributed by atoms with E-state index in [-0.39, 0.29) is 5.95 Å². The van der Waals surface area contributed by atoms with Crippen molar-refractivity contribution in [2.75, 3.05) is 29.7 Å². The topological polar surface area (TPSA) is 116 Å². The Morgan fingerprint density at radius 2 is 1.95 bits per heavy atom. The second-order valence-electron chi connectivity index (χ2n) is 4.25. The molecule has 0 aliphatic carbocycles. The first-order chi connectivity index (χ1) is 10.0. The van der Waals surface area contributed by atoms with E-state index < -0.39 is 0 Å². The minimum Gasteiger partial charge on any atom is -0.347 e. The van der Waals surface area contributed by atoms with Crippen LogP contribution in [0.15, 0.2) is 22.7 Å². The number of nitrogen functional groups attached to an aromatic ring is 1. The Kier molecular flexibility index (Phi) is 4.52. The first-order valence-electron chi connectivity index (χ1n) is 5.90. The molecule has 4 N–H and O–H groups in total. The molecule has 0 bridgehead atoms. The zero-order valence-corrected chi connectivity index (χ0v) is 13.0. The maximum Gasteiger partial charge on any atom is 0.243 e. The lowest BCUT2D eigenvalue weighted by Crippen LogP contribution is -2.18. The van der Waals surface area contributed by atoms with E-state index in [9.17, 15) is 0 Å². The van der Waals surface area contributed by atoms with Gasteiger partial charge in [0.05, 0.1) is 17.3 Å². The lowest BCUT2D eigenvalue weighted by molar-refractivity contribution is 0.957. The van der Waals surface area contributed by atoms with Crippen LogP contribution in [0.25, 0.3) is 0 Å². The third kappa shape index (κ3) is 3.56. The van der Waals surface area contributed by atoms with Crippen LogP contribution in [0.4, 0.5) is 23.5 Å². The van der Waals surface area contributed by atoms with Crippen LogP contribution in [0.3, 0.4) is 0 Å². The highest BCUT2D eigenvalue weighted by Gasteiger charge is 2.09. The smallest absolute Gasteiger partial charge is 0.243 e. The van der Waals surface area contributed by atoms with E-state index >= 15 is 0 Å². The summed E-state index contributed by atoms with van der Waals surface area (Å²) in [4.78, 5) is 14.3. The number of benzene rings is 1. The average Bonchev–Trinajstić information content (AvgIpc) is 2.48. The fourth-order valence-corrected chi connectivity index (χ4v) is 1.97. The molecule has 2 aromatic rings. The van der Waals surface area contributed by atoms with Crippen LogP contribution in [-0.4, -0.2) is 29.0 Å². The predicted molar refractivity (Wildman–Crippen MR) is 84.1 cm³/mol. The van der Waals surface area contributed by atoms with Crippen LogP contribution in [-0.2, 0) is 0 Å². The van der Waals surface area contributed by atoms with E-state index in [1.807, 2.05) is 14.1 Å². The number of nitrogens with two attached hydrogens (primary N) is 1. The fraction of sp³-hybridized carbons (Fsp3) is 0.167. The Labute approximate surface area is 130 Å². The number of hydrazine groups is 1. The molecule has 9 heteroatoms. The number of nitrogens with zero attached hydrogens (tertiary/aromatic N) is 5. The van der Waals surface area contributed by atoms with Crippen molar-refractivity contribution in [3.8, 4) is 6.07 Å². The Balaban J connectivity index is 2.35. The number of nitrogens with one attached hydrogen (secondary N) is 2. The summed E-state index contributed by atoms with van der Waals surface area (Å²) in [6.45, 7) is 0. The summed E-state index contributed by atoms with van der Waals surface area (Å²) in [7, 11) is 3.63. The zero-order valence-electron chi connectivity index (χ0n) is 11.4. The van der Waals surface area contributed by atoms with E-state index in [1.165, 1.54) is 0 Å². The van der Waals surface area contributed by atoms with Crippen molar-refractivity contribution in [1.29, 1.82) is 5.26 Å². The number of aromatic nitrogens is 3. The standard InChI is InChI=1S/C12H13BrN8/c1-21(2)12-18-10(17-11(19-12)20-15)16-9-4-3-7(6-14)5-8(9)13/h3-5H,15H2,1-2H3,(H2,16,17,18,19,20). The van der Waals surface area contributed by atoms with Gasteiger partial charge in [0.2, 0.25) is 17.8 Å². The number of nitriles is 1. The van der Waals surface area contributed by atoms with Gasteiger partial charge in [-0.2, -0.15) is 20.2 Å². The van der Waals surface area contributed by atoms with Gasteiger partial charge in [0, 0.05) is 18.6 Å². The van der Waals surface area contributed by atoms with Gasteiger partial charge >= 0.3 is 0 Å². The molecule has 0 atom stereocenters. The molecule has 2 rings (SSSR count). The van der Waals surface area contributed by atoms with Gasteiger partial charge in [0.15, 0.2) is 0 Å². The SMILES string of the molecule is CN(C)c1nc(NN)nc(Nc2ccc(C#N)cc2Br)n1. The molecule has 0 saturated carbocycles. The molecule has 1 heterocycles. The summed E-state index contributed by atoms with van der Waals surface area (Å²) in [5, 5.41) is 11.9. The summed E-state index contributed by atoms with van der Waals surface area (Å²) < 4.78 is 0.732. The molecule has 1 aromatic carbocycles. The second kappa shape index (κ2) is 6.34. The molecule has 1 aromatic heterocycles. The van der Waals surface area contributed by atoms with Crippen molar-refractivity contribution in [3.63, 3.8) is 0 Å². The molecular formula is C12H13BrN8. The van der Waals surface area contributed by atoms with Crippen LogP contribution < -0.4 is 21.5 Å². The molecule has 8 nitrogen and oxygen atoms in total. The van der Waals surface area contributed by atoms with Crippen molar-refractivity contribution in [2.45, 2.75) is 0 Å². The monoisotopic (exact) mass is 348 g/mol. The van der Waals surface area contributed by atoms with Crippen molar-refractivity contribution < 1.29 is 0 Å². The largest absolute Gasteiger partial charge is 0.347 e. The molecular weight excluding hydrogens is 336 g/mol. The highest BCUT2D eigenvalue weighted by Crippen LogP contribution is 2.26. The minimum absolute atomic E-state index is 0.251. The molecule has 108 valence electrons. The van der Waals surface area contributed by atoms with Gasteiger partial charge < -0.3 is 10.2 Å². The van der Waals surface area contributed by atoms with E-state index in [0.717, 1.165) is 10.2 Å². The van der Waals surface area contributed by atoms with Crippen LogP contribution in [0.1, 0.15) is 5.56 Å². The molecule has 0 saturated heterocycles. The molecule has 0 aliphatic heterocycles. The highest BCUT2D eigenvalue weighted by atomic mass is 79.9. The quantitative estimate of drug-likeness (QED) is 0.563. The molecule has 0 radical (unpaired) electrons. The van der Waals surface area contributed by atoms with E-state index in [2.05, 4.69) is 47.7 Å². The van der Waals surface area contributed by atoms with Crippen LogP contribution in [0.2, 0.25) is 0 Å². The zero-order chi connectivity index (χ0) is 15.4. The maximum absolute atomic E-state index is 8.86. The van der Waals surface area contributed by atoms with E-state index in [0.29, 0.717) is 17.5 Å². The normalized spacial score (nSPS) is 9.86. The molecule has 0 spiro atoms. The first kappa shape index (κ1) is 15.0. The Morgan fingerprint density at radius 3 is 2.52 bits per heavy atom. The van der Waals surface area contributed by atoms with Crippen molar-refractivity contribution >= 4 is 39.5 Å². The summed E-state index contributed by atoms with van der Waals surface area (Å²) in [5.41, 5.74) is 3.68. The number of halogens is 1. The van der Waals surface area contributed by atoms with Gasteiger partial charge in [-0.05, 0) is 34.1 Å². The Bertz CT molecular complexity index is 694. The van der Waals surface area contributed by atoms with E-state index in [1.54, 1.807) is 23.1 Å². The predicted octanol–water partition coefficient (Wildman–Crippen LogP) is 1.60. The van der Waals surface area contributed by atoms with E-state index in [4.69, 9.17) is 11.1 Å². The first-order valence-corrected chi connectivity index (χ1v) is 6.69. The third-order valence-electron chi connectivity index (χ3n) is 2.50. The number of hydrogen-bond donors (Lipinski definition) is 3. The summed E-state index contributed by atoms with van der Waals surface area (Å²) in [6.07, 6.45) is 0. The minimum atomic E-state index is 0.251. The summed E-state index contributed by atoms with van der Waals surface area (Å²) in [5.74, 6) is 6.41. The maximum atomic E-state index is 8.86. The van der Waals surface area contributed by atoms with Crippen LogP contribution >= 0.6 is 15.9 Å². The highest BCUT2D eigenvalue weighted by molar-refractivity contribution is 9.10. The van der Waals surface area contributed by atoms with Crippen molar-refractivity contribution in [1.82, 2.24) is 15.0 Å².